The van der Waals surface area contributed by atoms with Gasteiger partial charge in [0.1, 0.15) is 6.54 Å². The van der Waals surface area contributed by atoms with Gasteiger partial charge in [0.25, 0.3) is 5.91 Å². The number of nitrogens with one attached hydrogen (secondary N) is 1. The van der Waals surface area contributed by atoms with E-state index < -0.39 is 15.9 Å². The van der Waals surface area contributed by atoms with E-state index in [1.165, 1.54) is 0 Å². The first-order valence-corrected chi connectivity index (χ1v) is 12.9. The van der Waals surface area contributed by atoms with Crippen LogP contribution in [-0.2, 0) is 14.8 Å². The molecule has 0 saturated carbocycles. The second kappa shape index (κ2) is 9.93. The lowest BCUT2D eigenvalue weighted by atomic mass is 10.1. The van der Waals surface area contributed by atoms with Gasteiger partial charge in [-0.05, 0) is 75.2 Å². The van der Waals surface area contributed by atoms with E-state index in [0.29, 0.717) is 5.69 Å². The first kappa shape index (κ1) is 24.7. The maximum absolute atomic E-state index is 12.5. The molecule has 0 spiro atoms. The number of hydrazone groups is 1. The topological polar surface area (TPSA) is 83.8 Å². The summed E-state index contributed by atoms with van der Waals surface area (Å²) in [5, 5.41) is 4.07. The molecule has 0 bridgehead atoms. The fraction of sp³-hybridized carbons (Fsp3) is 0.250. The van der Waals surface area contributed by atoms with Gasteiger partial charge in [0.15, 0.2) is 0 Å². The van der Waals surface area contributed by atoms with E-state index in [9.17, 15) is 13.2 Å². The van der Waals surface area contributed by atoms with Crippen LogP contribution in [0, 0.1) is 27.7 Å². The van der Waals surface area contributed by atoms with Crippen LogP contribution in [0.25, 0.3) is 5.69 Å². The summed E-state index contributed by atoms with van der Waals surface area (Å²) >= 11 is 3.45. The van der Waals surface area contributed by atoms with Crippen LogP contribution in [0.3, 0.4) is 0 Å². The number of sulfonamides is 1. The van der Waals surface area contributed by atoms with Crippen LogP contribution < -0.4 is 9.73 Å². The first-order valence-electron chi connectivity index (χ1n) is 10.3. The number of halogens is 1. The third-order valence-electron chi connectivity index (χ3n) is 5.27. The Hall–Kier alpha value is -2.91. The van der Waals surface area contributed by atoms with Crippen molar-refractivity contribution < 1.29 is 13.2 Å². The summed E-state index contributed by atoms with van der Waals surface area (Å²) in [7, 11) is -3.66. The Bertz CT molecular complexity index is 1310. The second-order valence-corrected chi connectivity index (χ2v) is 10.8. The smallest absolute Gasteiger partial charge is 0.260 e. The molecule has 0 atom stereocenters. The van der Waals surface area contributed by atoms with E-state index in [4.69, 9.17) is 0 Å². The van der Waals surface area contributed by atoms with Crippen molar-refractivity contribution >= 4 is 43.8 Å². The van der Waals surface area contributed by atoms with Crippen LogP contribution in [0.2, 0.25) is 0 Å². The van der Waals surface area contributed by atoms with Crippen LogP contribution in [0.15, 0.2) is 58.1 Å². The van der Waals surface area contributed by atoms with Crippen molar-refractivity contribution in [2.45, 2.75) is 27.7 Å². The fourth-order valence-corrected chi connectivity index (χ4v) is 4.78. The molecule has 9 heteroatoms. The lowest BCUT2D eigenvalue weighted by Crippen LogP contribution is -2.39. The Morgan fingerprint density at radius 3 is 2.39 bits per heavy atom. The number of hydrogen-bond donors (Lipinski definition) is 1. The van der Waals surface area contributed by atoms with Crippen molar-refractivity contribution in [3.05, 3.63) is 81.1 Å². The number of aromatic nitrogens is 1. The predicted molar refractivity (Wildman–Crippen MR) is 137 cm³/mol. The molecule has 0 aliphatic heterocycles. The lowest BCUT2D eigenvalue weighted by molar-refractivity contribution is -0.119. The summed E-state index contributed by atoms with van der Waals surface area (Å²) in [6.45, 7) is 7.30. The Labute approximate surface area is 203 Å². The minimum Gasteiger partial charge on any atom is -0.318 e. The Kier molecular flexibility index (Phi) is 7.44. The molecule has 174 valence electrons. The molecule has 2 aromatic carbocycles. The van der Waals surface area contributed by atoms with Gasteiger partial charge in [0, 0.05) is 27.1 Å². The molecule has 0 unspecified atom stereocenters. The molecule has 0 aliphatic carbocycles. The third kappa shape index (κ3) is 5.91. The maximum Gasteiger partial charge on any atom is 0.260 e. The van der Waals surface area contributed by atoms with Crippen molar-refractivity contribution in [1.82, 2.24) is 9.99 Å². The Balaban J connectivity index is 1.76. The summed E-state index contributed by atoms with van der Waals surface area (Å²) in [5.41, 5.74) is 8.48. The summed E-state index contributed by atoms with van der Waals surface area (Å²) in [6.07, 6.45) is 2.65. The highest BCUT2D eigenvalue weighted by Crippen LogP contribution is 2.24. The quantitative estimate of drug-likeness (QED) is 0.363. The molecule has 33 heavy (non-hydrogen) atoms. The molecule has 1 amide bonds. The standard InChI is InChI=1S/C24H27BrN4O3S/c1-16-6-7-17(2)23(12-16)28(33(5,31)32)15-24(30)27-26-14-20-13-18(3)29(19(20)4)22-10-8-21(25)9-11-22/h6-14H,15H2,1-5H3,(H,27,30)/b26-14-. The highest BCUT2D eigenvalue weighted by Gasteiger charge is 2.22. The van der Waals surface area contributed by atoms with Gasteiger partial charge in [-0.1, -0.05) is 28.1 Å². The van der Waals surface area contributed by atoms with Gasteiger partial charge < -0.3 is 4.57 Å². The van der Waals surface area contributed by atoms with Crippen molar-refractivity contribution in [2.24, 2.45) is 5.10 Å². The lowest BCUT2D eigenvalue weighted by Gasteiger charge is -2.23. The molecule has 3 aromatic rings. The molecule has 1 aromatic heterocycles. The number of carbonyl (C=O) groups is 1. The zero-order valence-corrected chi connectivity index (χ0v) is 21.7. The SMILES string of the molecule is Cc1ccc(C)c(N(CC(=O)N/N=C\c2cc(C)n(-c3ccc(Br)cc3)c2C)S(C)(=O)=O)c1. The van der Waals surface area contributed by atoms with Gasteiger partial charge >= 0.3 is 0 Å². The number of amides is 1. The third-order valence-corrected chi connectivity index (χ3v) is 6.92. The number of hydrogen-bond acceptors (Lipinski definition) is 4. The number of aryl methyl sites for hydroxylation is 3. The molecule has 0 saturated heterocycles. The second-order valence-electron chi connectivity index (χ2n) is 7.99. The molecule has 7 nitrogen and oxygen atoms in total. The van der Waals surface area contributed by atoms with Gasteiger partial charge in [-0.3, -0.25) is 9.10 Å². The van der Waals surface area contributed by atoms with E-state index in [1.54, 1.807) is 12.3 Å². The fourth-order valence-electron chi connectivity index (χ4n) is 3.61. The average molecular weight is 531 g/mol. The molecule has 0 aliphatic rings. The number of rotatable bonds is 7. The molecule has 0 fully saturated rings. The number of anilines is 1. The first-order chi connectivity index (χ1) is 15.5. The van der Waals surface area contributed by atoms with Crippen LogP contribution >= 0.6 is 15.9 Å². The summed E-state index contributed by atoms with van der Waals surface area (Å²) in [4.78, 5) is 12.5. The number of benzene rings is 2. The molecule has 0 radical (unpaired) electrons. The van der Waals surface area contributed by atoms with Crippen molar-refractivity contribution in [3.8, 4) is 5.69 Å². The highest BCUT2D eigenvalue weighted by molar-refractivity contribution is 9.10. The molecular formula is C24H27BrN4O3S. The van der Waals surface area contributed by atoms with Crippen LogP contribution in [0.5, 0.6) is 0 Å². The monoisotopic (exact) mass is 530 g/mol. The van der Waals surface area contributed by atoms with E-state index in [0.717, 1.165) is 48.8 Å². The largest absolute Gasteiger partial charge is 0.318 e. The Morgan fingerprint density at radius 2 is 1.76 bits per heavy atom. The van der Waals surface area contributed by atoms with Crippen LogP contribution in [0.4, 0.5) is 5.69 Å². The number of nitrogens with zero attached hydrogens (tertiary/aromatic N) is 3. The van der Waals surface area contributed by atoms with Crippen molar-refractivity contribution in [3.63, 3.8) is 0 Å². The van der Waals surface area contributed by atoms with Crippen molar-refractivity contribution in [2.75, 3.05) is 17.1 Å². The van der Waals surface area contributed by atoms with E-state index in [2.05, 4.69) is 31.0 Å². The highest BCUT2D eigenvalue weighted by atomic mass is 79.9. The van der Waals surface area contributed by atoms with Gasteiger partial charge in [-0.2, -0.15) is 5.10 Å². The van der Waals surface area contributed by atoms with Crippen LogP contribution in [0.1, 0.15) is 28.1 Å². The van der Waals surface area contributed by atoms with E-state index in [1.807, 2.05) is 70.2 Å². The molecule has 1 heterocycles. The van der Waals surface area contributed by atoms with Gasteiger partial charge in [-0.25, -0.2) is 13.8 Å². The average Bonchev–Trinajstić information content (AvgIpc) is 3.01. The Morgan fingerprint density at radius 1 is 1.09 bits per heavy atom. The summed E-state index contributed by atoms with van der Waals surface area (Å²) in [6, 6.07) is 15.4. The minimum atomic E-state index is -3.66. The van der Waals surface area contributed by atoms with Gasteiger partial charge in [0.2, 0.25) is 10.0 Å². The van der Waals surface area contributed by atoms with E-state index >= 15 is 0 Å². The molecule has 1 N–H and O–H groups in total. The normalized spacial score (nSPS) is 11.7. The predicted octanol–water partition coefficient (Wildman–Crippen LogP) is 4.39. The van der Waals surface area contributed by atoms with Gasteiger partial charge in [-0.15, -0.1) is 0 Å². The number of carbonyl (C=O) groups excluding carboxylic acids is 1. The van der Waals surface area contributed by atoms with E-state index in [-0.39, 0.29) is 6.54 Å². The maximum atomic E-state index is 12.5. The van der Waals surface area contributed by atoms with Crippen molar-refractivity contribution in [1.29, 1.82) is 0 Å². The molecular weight excluding hydrogens is 504 g/mol. The van der Waals surface area contributed by atoms with Crippen LogP contribution in [-0.4, -0.2) is 37.9 Å². The van der Waals surface area contributed by atoms with Gasteiger partial charge in [0.05, 0.1) is 18.2 Å². The summed E-state index contributed by atoms with van der Waals surface area (Å²) < 4.78 is 28.9. The zero-order chi connectivity index (χ0) is 24.3. The molecule has 3 rings (SSSR count). The minimum absolute atomic E-state index is 0.363. The summed E-state index contributed by atoms with van der Waals surface area (Å²) in [5.74, 6) is -0.528. The zero-order valence-electron chi connectivity index (χ0n) is 19.3.